The zero-order chi connectivity index (χ0) is 19.9. The Labute approximate surface area is 166 Å². The number of sulfonamides is 1. The van der Waals surface area contributed by atoms with E-state index < -0.39 is 10.0 Å². The van der Waals surface area contributed by atoms with Gasteiger partial charge in [0.2, 0.25) is 10.0 Å². The summed E-state index contributed by atoms with van der Waals surface area (Å²) in [6.45, 7) is 1.75. The van der Waals surface area contributed by atoms with E-state index in [2.05, 4.69) is 22.8 Å². The van der Waals surface area contributed by atoms with Gasteiger partial charge in [-0.05, 0) is 17.9 Å². The second kappa shape index (κ2) is 7.70. The molecule has 5 atom stereocenters. The van der Waals surface area contributed by atoms with Crippen molar-refractivity contribution in [2.24, 2.45) is 5.92 Å². The Balaban J connectivity index is 1.57. The van der Waals surface area contributed by atoms with Crippen molar-refractivity contribution in [3.8, 4) is 0 Å². The molecular weight excluding hydrogens is 378 g/mol. The van der Waals surface area contributed by atoms with Crippen molar-refractivity contribution in [2.45, 2.75) is 43.6 Å². The highest BCUT2D eigenvalue weighted by molar-refractivity contribution is 7.88. The summed E-state index contributed by atoms with van der Waals surface area (Å²) in [7, 11) is -1.38. The standard InChI is InChI=1S/C19H30N5O3S/c1-22-10-9-17(24(22)25)19-15-8-11-23(28(2,26)27)13-16(15)20-18(21-19)12-14-6-4-3-5-7-14/h3-7,15-21H,8-13H2,1-2H3/q+1. The van der Waals surface area contributed by atoms with Gasteiger partial charge in [-0.15, -0.1) is 5.01 Å². The van der Waals surface area contributed by atoms with Crippen LogP contribution in [0.15, 0.2) is 30.3 Å². The normalized spacial score (nSPS) is 34.4. The molecule has 0 radical (unpaired) electrons. The molecule has 3 heterocycles. The third kappa shape index (κ3) is 3.94. The van der Waals surface area contributed by atoms with Gasteiger partial charge in [-0.1, -0.05) is 30.3 Å². The van der Waals surface area contributed by atoms with E-state index in [9.17, 15) is 13.3 Å². The summed E-state index contributed by atoms with van der Waals surface area (Å²) >= 11 is 0. The number of nitrogens with one attached hydrogen (secondary N) is 2. The van der Waals surface area contributed by atoms with Crippen LogP contribution < -0.4 is 10.6 Å². The number of fused-ring (bicyclic) bond motifs is 1. The molecule has 5 unspecified atom stereocenters. The summed E-state index contributed by atoms with van der Waals surface area (Å²) in [5.74, 6) is 0.234. The zero-order valence-electron chi connectivity index (χ0n) is 16.5. The van der Waals surface area contributed by atoms with Crippen LogP contribution in [0.2, 0.25) is 0 Å². The molecule has 3 aliphatic rings. The van der Waals surface area contributed by atoms with E-state index >= 15 is 0 Å². The van der Waals surface area contributed by atoms with Gasteiger partial charge in [-0.25, -0.2) is 12.7 Å². The van der Waals surface area contributed by atoms with Gasteiger partial charge in [0.05, 0.1) is 37.0 Å². The Morgan fingerprint density at radius 2 is 1.89 bits per heavy atom. The van der Waals surface area contributed by atoms with E-state index in [4.69, 9.17) is 0 Å². The number of nitroso groups, excluding NO2 is 1. The first-order valence-electron chi connectivity index (χ1n) is 10.0. The fourth-order valence-electron chi connectivity index (χ4n) is 4.97. The summed E-state index contributed by atoms with van der Waals surface area (Å²) in [6.07, 6.45) is 3.66. The van der Waals surface area contributed by atoms with Crippen LogP contribution in [0.4, 0.5) is 0 Å². The summed E-state index contributed by atoms with van der Waals surface area (Å²) in [5.41, 5.74) is 1.21. The number of hydrazine groups is 1. The monoisotopic (exact) mass is 408 g/mol. The maximum Gasteiger partial charge on any atom is 0.251 e. The first kappa shape index (κ1) is 19.8. The third-order valence-corrected chi connectivity index (χ3v) is 7.70. The van der Waals surface area contributed by atoms with Crippen LogP contribution in [0.1, 0.15) is 18.4 Å². The summed E-state index contributed by atoms with van der Waals surface area (Å²) in [5, 5.41) is 9.07. The van der Waals surface area contributed by atoms with Gasteiger partial charge in [-0.3, -0.25) is 10.6 Å². The number of hydrogen-bond acceptors (Lipinski definition) is 5. The lowest BCUT2D eigenvalue weighted by atomic mass is 9.79. The summed E-state index contributed by atoms with van der Waals surface area (Å²) in [4.78, 5) is 13.8. The maximum atomic E-state index is 12.6. The molecule has 0 aliphatic carbocycles. The van der Waals surface area contributed by atoms with Crippen molar-refractivity contribution in [1.29, 1.82) is 0 Å². The van der Waals surface area contributed by atoms with E-state index in [0.29, 0.717) is 13.1 Å². The predicted molar refractivity (Wildman–Crippen MR) is 107 cm³/mol. The van der Waals surface area contributed by atoms with Crippen molar-refractivity contribution in [1.82, 2.24) is 19.9 Å². The second-order valence-corrected chi connectivity index (χ2v) is 10.3. The van der Waals surface area contributed by atoms with E-state index in [1.54, 1.807) is 9.31 Å². The highest BCUT2D eigenvalue weighted by atomic mass is 32.2. The minimum atomic E-state index is -3.22. The topological polar surface area (TPSA) is 84.8 Å². The molecule has 0 bridgehead atoms. The number of hydrogen-bond donors (Lipinski definition) is 2. The van der Waals surface area contributed by atoms with Crippen LogP contribution in [0, 0.1) is 10.8 Å². The molecular formula is C19H30N5O3S+. The minimum absolute atomic E-state index is 0.00691. The van der Waals surface area contributed by atoms with E-state index in [-0.39, 0.29) is 30.2 Å². The Kier molecular flexibility index (Phi) is 5.43. The van der Waals surface area contributed by atoms with Crippen molar-refractivity contribution in [2.75, 3.05) is 32.9 Å². The lowest BCUT2D eigenvalue weighted by molar-refractivity contribution is -0.709. The van der Waals surface area contributed by atoms with Crippen molar-refractivity contribution < 1.29 is 13.3 Å². The van der Waals surface area contributed by atoms with Crippen molar-refractivity contribution in [3.63, 3.8) is 0 Å². The Hall–Kier alpha value is -1.55. The molecule has 0 amide bonds. The average molecular weight is 409 g/mol. The van der Waals surface area contributed by atoms with Gasteiger partial charge in [-0.2, -0.15) is 0 Å². The minimum Gasteiger partial charge on any atom is -0.297 e. The average Bonchev–Trinajstić information content (AvgIpc) is 2.99. The maximum absolute atomic E-state index is 12.6. The van der Waals surface area contributed by atoms with Crippen LogP contribution in [0.3, 0.4) is 0 Å². The van der Waals surface area contributed by atoms with Crippen LogP contribution in [0.5, 0.6) is 0 Å². The number of benzene rings is 1. The molecule has 1 aromatic rings. The van der Waals surface area contributed by atoms with E-state index in [0.717, 1.165) is 30.7 Å². The molecule has 0 spiro atoms. The molecule has 0 aromatic heterocycles. The number of piperidine rings is 1. The van der Waals surface area contributed by atoms with Gasteiger partial charge in [0.15, 0.2) is 0 Å². The second-order valence-electron chi connectivity index (χ2n) is 8.32. The van der Waals surface area contributed by atoms with Crippen molar-refractivity contribution >= 4 is 10.0 Å². The van der Waals surface area contributed by atoms with Gasteiger partial charge < -0.3 is 0 Å². The van der Waals surface area contributed by atoms with Gasteiger partial charge in [0.25, 0.3) is 6.04 Å². The smallest absolute Gasteiger partial charge is 0.251 e. The zero-order valence-corrected chi connectivity index (χ0v) is 17.3. The van der Waals surface area contributed by atoms with Crippen LogP contribution in [-0.2, 0) is 16.4 Å². The van der Waals surface area contributed by atoms with Gasteiger partial charge in [0.1, 0.15) is 4.87 Å². The highest BCUT2D eigenvalue weighted by Gasteiger charge is 2.52. The quantitative estimate of drug-likeness (QED) is 0.691. The van der Waals surface area contributed by atoms with Crippen LogP contribution in [-0.4, -0.2) is 79.8 Å². The SMILES string of the molecule is CN1CCC(C2NC(Cc3ccccc3)NC3CN(S(C)(=O)=O)CCC32)[N+]1=O. The summed E-state index contributed by atoms with van der Waals surface area (Å²) in [6, 6.07) is 10.2. The molecule has 154 valence electrons. The van der Waals surface area contributed by atoms with Gasteiger partial charge >= 0.3 is 0 Å². The number of rotatable bonds is 4. The molecule has 4 rings (SSSR count). The molecule has 1 aromatic carbocycles. The fraction of sp³-hybridized carbons (Fsp3) is 0.684. The molecule has 3 saturated heterocycles. The van der Waals surface area contributed by atoms with E-state index in [1.807, 2.05) is 25.2 Å². The Morgan fingerprint density at radius 3 is 2.54 bits per heavy atom. The summed E-state index contributed by atoms with van der Waals surface area (Å²) < 4.78 is 25.7. The molecule has 3 aliphatic heterocycles. The van der Waals surface area contributed by atoms with Crippen molar-refractivity contribution in [3.05, 3.63) is 40.8 Å². The largest absolute Gasteiger partial charge is 0.297 e. The third-order valence-electron chi connectivity index (χ3n) is 6.43. The predicted octanol–water partition coefficient (Wildman–Crippen LogP) is 0.165. The first-order chi connectivity index (χ1) is 13.3. The molecule has 0 saturated carbocycles. The van der Waals surface area contributed by atoms with E-state index in [1.165, 1.54) is 11.8 Å². The molecule has 8 nitrogen and oxygen atoms in total. The lowest BCUT2D eigenvalue weighted by Crippen LogP contribution is -2.71. The van der Waals surface area contributed by atoms with Gasteiger partial charge in [0, 0.05) is 32.0 Å². The Morgan fingerprint density at radius 1 is 1.14 bits per heavy atom. The van der Waals surface area contributed by atoms with Crippen LogP contribution >= 0.6 is 0 Å². The van der Waals surface area contributed by atoms with Crippen LogP contribution in [0.25, 0.3) is 0 Å². The Bertz CT molecular complexity index is 818. The lowest BCUT2D eigenvalue weighted by Gasteiger charge is -2.48. The number of nitrogens with zero attached hydrogens (tertiary/aromatic N) is 3. The first-order valence-corrected chi connectivity index (χ1v) is 11.9. The molecule has 3 fully saturated rings. The molecule has 2 N–H and O–H groups in total. The fourth-order valence-corrected chi connectivity index (χ4v) is 5.84. The highest BCUT2D eigenvalue weighted by Crippen LogP contribution is 2.31. The molecule has 28 heavy (non-hydrogen) atoms. The molecule has 9 heteroatoms.